The van der Waals surface area contributed by atoms with Gasteiger partial charge in [0, 0.05) is 26.1 Å². The lowest BCUT2D eigenvalue weighted by molar-refractivity contribution is -0.118. The monoisotopic (exact) mass is 367 g/mol. The zero-order chi connectivity index (χ0) is 19.7. The summed E-state index contributed by atoms with van der Waals surface area (Å²) in [6.45, 7) is 3.57. The van der Waals surface area contributed by atoms with Crippen LogP contribution in [0.15, 0.2) is 52.1 Å². The summed E-state index contributed by atoms with van der Waals surface area (Å²) in [4.78, 5) is 36.5. The molecule has 1 aromatic heterocycles. The Bertz CT molecular complexity index is 1130. The maximum atomic E-state index is 12.2. The van der Waals surface area contributed by atoms with Gasteiger partial charge < -0.3 is 19.2 Å². The first-order valence-corrected chi connectivity index (χ1v) is 8.57. The van der Waals surface area contributed by atoms with Gasteiger partial charge in [0.1, 0.15) is 5.75 Å². The van der Waals surface area contributed by atoms with Gasteiger partial charge in [0.25, 0.3) is 0 Å². The van der Waals surface area contributed by atoms with Crippen LogP contribution in [0.1, 0.15) is 13.8 Å². The first-order valence-electron chi connectivity index (χ1n) is 8.57. The van der Waals surface area contributed by atoms with E-state index in [1.54, 1.807) is 38.1 Å². The van der Waals surface area contributed by atoms with Gasteiger partial charge in [-0.25, -0.2) is 0 Å². The molecular formula is C20H21N3O4. The number of aryl methyl sites for hydroxylation is 2. The number of benzene rings is 2. The first kappa shape index (κ1) is 18.4. The number of para-hydroxylation sites is 1. The summed E-state index contributed by atoms with van der Waals surface area (Å²) in [7, 11) is 3.06. The SMILES string of the molecule is CC(C)C(=O)Nc1cc2c(cc1Oc1ccccc1)n(C)c(=O)c(=O)n2C. The summed E-state index contributed by atoms with van der Waals surface area (Å²) in [5, 5.41) is 2.84. The van der Waals surface area contributed by atoms with Crippen molar-refractivity contribution in [3.63, 3.8) is 0 Å². The fraction of sp³-hybridized carbons (Fsp3) is 0.250. The highest BCUT2D eigenvalue weighted by Crippen LogP contribution is 2.33. The molecule has 0 aliphatic carbocycles. The molecule has 7 heteroatoms. The number of hydrogen-bond acceptors (Lipinski definition) is 4. The Kier molecular flexibility index (Phi) is 4.85. The van der Waals surface area contributed by atoms with Crippen LogP contribution in [0, 0.1) is 5.92 Å². The zero-order valence-electron chi connectivity index (χ0n) is 15.6. The second-order valence-corrected chi connectivity index (χ2v) is 6.62. The fourth-order valence-corrected chi connectivity index (χ4v) is 2.68. The van der Waals surface area contributed by atoms with Gasteiger partial charge in [-0.3, -0.25) is 14.4 Å². The van der Waals surface area contributed by atoms with Gasteiger partial charge in [0.15, 0.2) is 5.75 Å². The van der Waals surface area contributed by atoms with Crippen molar-refractivity contribution in [3.8, 4) is 11.5 Å². The number of carbonyl (C=O) groups is 1. The fourth-order valence-electron chi connectivity index (χ4n) is 2.68. The predicted molar refractivity (Wildman–Crippen MR) is 104 cm³/mol. The highest BCUT2D eigenvalue weighted by Gasteiger charge is 2.17. The standard InChI is InChI=1S/C20H21N3O4/c1-12(2)18(24)21-14-10-15-16(23(4)20(26)19(25)22(15)3)11-17(14)27-13-8-6-5-7-9-13/h5-12H,1-4H3,(H,21,24). The second-order valence-electron chi connectivity index (χ2n) is 6.62. The molecule has 3 aromatic rings. The largest absolute Gasteiger partial charge is 0.455 e. The minimum absolute atomic E-state index is 0.179. The van der Waals surface area contributed by atoms with Gasteiger partial charge in [-0.15, -0.1) is 0 Å². The number of anilines is 1. The first-order chi connectivity index (χ1) is 12.8. The third-order valence-corrected chi connectivity index (χ3v) is 4.34. The molecule has 2 aromatic carbocycles. The van der Waals surface area contributed by atoms with Gasteiger partial charge in [-0.2, -0.15) is 0 Å². The number of amides is 1. The molecule has 0 radical (unpaired) electrons. The van der Waals surface area contributed by atoms with E-state index >= 15 is 0 Å². The average Bonchev–Trinajstić information content (AvgIpc) is 2.66. The molecule has 7 nitrogen and oxygen atoms in total. The summed E-state index contributed by atoms with van der Waals surface area (Å²) < 4.78 is 8.50. The van der Waals surface area contributed by atoms with Crippen molar-refractivity contribution in [3.05, 3.63) is 63.2 Å². The number of hydrogen-bond donors (Lipinski definition) is 1. The molecule has 140 valence electrons. The van der Waals surface area contributed by atoms with Crippen LogP contribution in [-0.2, 0) is 18.9 Å². The number of rotatable bonds is 4. The van der Waals surface area contributed by atoms with Crippen LogP contribution < -0.4 is 21.2 Å². The molecule has 0 aliphatic rings. The van der Waals surface area contributed by atoms with E-state index in [-0.39, 0.29) is 11.8 Å². The van der Waals surface area contributed by atoms with E-state index < -0.39 is 11.1 Å². The van der Waals surface area contributed by atoms with Crippen LogP contribution in [0.3, 0.4) is 0 Å². The van der Waals surface area contributed by atoms with Crippen molar-refractivity contribution in [1.29, 1.82) is 0 Å². The molecular weight excluding hydrogens is 346 g/mol. The maximum Gasteiger partial charge on any atom is 0.316 e. The van der Waals surface area contributed by atoms with Crippen molar-refractivity contribution in [1.82, 2.24) is 9.13 Å². The van der Waals surface area contributed by atoms with Crippen LogP contribution in [-0.4, -0.2) is 15.0 Å². The van der Waals surface area contributed by atoms with Crippen LogP contribution in [0.25, 0.3) is 11.0 Å². The van der Waals surface area contributed by atoms with E-state index in [0.29, 0.717) is 28.2 Å². The van der Waals surface area contributed by atoms with Gasteiger partial charge in [0.05, 0.1) is 16.7 Å². The van der Waals surface area contributed by atoms with Crippen molar-refractivity contribution < 1.29 is 9.53 Å². The van der Waals surface area contributed by atoms with Gasteiger partial charge >= 0.3 is 11.1 Å². The Morgan fingerprint density at radius 3 is 2.07 bits per heavy atom. The summed E-state index contributed by atoms with van der Waals surface area (Å²) in [5.41, 5.74) is 0.202. The van der Waals surface area contributed by atoms with Gasteiger partial charge in [-0.05, 0) is 18.2 Å². The number of fused-ring (bicyclic) bond motifs is 1. The molecule has 0 fully saturated rings. The lowest BCUT2D eigenvalue weighted by Crippen LogP contribution is -2.39. The average molecular weight is 367 g/mol. The predicted octanol–water partition coefficient (Wildman–Crippen LogP) is 2.62. The van der Waals surface area contributed by atoms with E-state index in [9.17, 15) is 14.4 Å². The molecule has 3 rings (SSSR count). The summed E-state index contributed by atoms with van der Waals surface area (Å²) in [6, 6.07) is 12.4. The Balaban J connectivity index is 2.25. The molecule has 0 atom stereocenters. The Morgan fingerprint density at radius 1 is 0.963 bits per heavy atom. The molecule has 1 amide bonds. The normalized spacial score (nSPS) is 11.0. The summed E-state index contributed by atoms with van der Waals surface area (Å²) in [6.07, 6.45) is 0. The lowest BCUT2D eigenvalue weighted by Gasteiger charge is -2.17. The molecule has 1 heterocycles. The Hall–Kier alpha value is -3.35. The highest BCUT2D eigenvalue weighted by molar-refractivity contribution is 5.96. The van der Waals surface area contributed by atoms with Crippen molar-refractivity contribution in [2.24, 2.45) is 20.0 Å². The molecule has 0 bridgehead atoms. The van der Waals surface area contributed by atoms with Crippen LogP contribution in [0.5, 0.6) is 11.5 Å². The summed E-state index contributed by atoms with van der Waals surface area (Å²) in [5.74, 6) is 0.569. The number of nitrogens with zero attached hydrogens (tertiary/aromatic N) is 2. The van der Waals surface area contributed by atoms with Gasteiger partial charge in [0.2, 0.25) is 5.91 Å². The minimum atomic E-state index is -0.636. The number of carbonyl (C=O) groups excluding carboxylic acids is 1. The third-order valence-electron chi connectivity index (χ3n) is 4.34. The lowest BCUT2D eigenvalue weighted by atomic mass is 10.2. The van der Waals surface area contributed by atoms with E-state index in [2.05, 4.69) is 5.32 Å². The van der Waals surface area contributed by atoms with Gasteiger partial charge in [-0.1, -0.05) is 32.0 Å². The molecule has 0 saturated heterocycles. The molecule has 0 unspecified atom stereocenters. The number of aromatic nitrogens is 2. The van der Waals surface area contributed by atoms with Crippen molar-refractivity contribution >= 4 is 22.6 Å². The minimum Gasteiger partial charge on any atom is -0.455 e. The van der Waals surface area contributed by atoms with Crippen molar-refractivity contribution in [2.75, 3.05) is 5.32 Å². The van der Waals surface area contributed by atoms with E-state index in [1.165, 1.54) is 23.2 Å². The number of ether oxygens (including phenoxy) is 1. The molecule has 0 aliphatic heterocycles. The molecule has 1 N–H and O–H groups in total. The maximum absolute atomic E-state index is 12.2. The third kappa shape index (κ3) is 3.48. The highest BCUT2D eigenvalue weighted by atomic mass is 16.5. The Morgan fingerprint density at radius 2 is 1.52 bits per heavy atom. The zero-order valence-corrected chi connectivity index (χ0v) is 15.6. The Labute approximate surface area is 155 Å². The topological polar surface area (TPSA) is 82.3 Å². The van der Waals surface area contributed by atoms with Crippen LogP contribution >= 0.6 is 0 Å². The molecule has 0 saturated carbocycles. The quantitative estimate of drug-likeness (QED) is 0.719. The number of nitrogens with one attached hydrogen (secondary N) is 1. The second kappa shape index (κ2) is 7.11. The smallest absolute Gasteiger partial charge is 0.316 e. The van der Waals surface area contributed by atoms with E-state index in [1.807, 2.05) is 18.2 Å². The van der Waals surface area contributed by atoms with Crippen molar-refractivity contribution in [2.45, 2.75) is 13.8 Å². The van der Waals surface area contributed by atoms with Crippen LogP contribution in [0.4, 0.5) is 5.69 Å². The van der Waals surface area contributed by atoms with Crippen LogP contribution in [0.2, 0.25) is 0 Å². The van der Waals surface area contributed by atoms with E-state index in [0.717, 1.165) is 0 Å². The summed E-state index contributed by atoms with van der Waals surface area (Å²) >= 11 is 0. The molecule has 0 spiro atoms. The van der Waals surface area contributed by atoms with E-state index in [4.69, 9.17) is 4.74 Å². The molecule has 27 heavy (non-hydrogen) atoms.